The SMILES string of the molecule is COc1ccc(F)c(-c2ccc(CCl)cc2C2CCCCCCC2)c1.COc1ccc(F)c(-c2ccc(CO)cc2C2CCCCCCC2)c1.[3HH].[3H][3H].[3H][3H].[3H][3H].[3H][3H].[3H][3H].[3H][3H].[3H][3H].[3H][3H].[3H][3H].[3H][3H]. The van der Waals surface area contributed by atoms with E-state index in [9.17, 15) is 13.9 Å². The molecule has 0 saturated heterocycles. The van der Waals surface area contributed by atoms with Crippen LogP contribution in [0.25, 0.3) is 22.3 Å². The van der Waals surface area contributed by atoms with Gasteiger partial charge in [-0.15, -0.1) is 11.6 Å². The minimum absolute atomic E-state index is 0. The van der Waals surface area contributed by atoms with Gasteiger partial charge in [0.1, 0.15) is 23.1 Å². The van der Waals surface area contributed by atoms with E-state index in [1.165, 1.54) is 100 Å². The highest BCUT2D eigenvalue weighted by Crippen LogP contribution is 2.41. The first kappa shape index (κ1) is 26.4. The fourth-order valence-electron chi connectivity index (χ4n) is 7.78. The van der Waals surface area contributed by atoms with E-state index in [0.29, 0.717) is 40.3 Å². The Morgan fingerprint density at radius 3 is 1.38 bits per heavy atom. The second-order valence-electron chi connectivity index (χ2n) is 13.9. The Hall–Kier alpha value is -3.41. The molecule has 2 saturated carbocycles. The molecule has 0 spiro atoms. The number of ether oxygens (including phenoxy) is 2. The normalized spacial score (nSPS) is 17.9. The molecule has 6 heteroatoms. The van der Waals surface area contributed by atoms with E-state index in [2.05, 4.69) is 12.1 Å². The molecule has 2 aliphatic rings. The van der Waals surface area contributed by atoms with Crippen LogP contribution in [0, 0.1) is 11.6 Å². The Morgan fingerprint density at radius 2 is 0.980 bits per heavy atom. The lowest BCUT2D eigenvalue weighted by molar-refractivity contribution is 0.281. The summed E-state index contributed by atoms with van der Waals surface area (Å²) >= 11 is 6.08. The summed E-state index contributed by atoms with van der Waals surface area (Å²) in [6.45, 7) is 0.0145. The molecule has 0 amide bonds. The van der Waals surface area contributed by atoms with Gasteiger partial charge in [0.2, 0.25) is 0 Å². The zero-order valence-electron chi connectivity index (χ0n) is 49.8. The highest BCUT2D eigenvalue weighted by Gasteiger charge is 2.22. The lowest BCUT2D eigenvalue weighted by Crippen LogP contribution is -2.06. The van der Waals surface area contributed by atoms with E-state index in [0.717, 1.165) is 35.1 Å². The maximum Gasteiger partial charge on any atom is 0.131 e. The predicted octanol–water partition coefficient (Wildman–Crippen LogP) is 15.6. The Kier molecular flexibility index (Phi) is 10.2. The number of benzene rings is 4. The topological polar surface area (TPSA) is 38.7 Å². The standard InChI is InChI=1S/C22H26ClFO.C22H27FO2.11H2/c1-25-18-10-12-22(24)21(14-18)19-11-9-16(15-23)13-20(19)17-7-5-3-2-4-6-8-17;1-25-18-10-12-22(23)21(14-18)19-11-9-16(15-24)13-20(19)17-7-5-3-2-4-6-8-17;;;;;;;;;;;/h9-14,17H,2-8,15H2,1H3;9-14,17,24H,2-8,15H2,1H3;11*1H/i;;10*1+2T;1+2. The van der Waals surface area contributed by atoms with Gasteiger partial charge in [0, 0.05) is 48.1 Å². The summed E-state index contributed by atoms with van der Waals surface area (Å²) in [5, 5.41) is 9.57. The monoisotopic (exact) mass is 767 g/mol. The minimum atomic E-state index is -0.232. The van der Waals surface area contributed by atoms with Crippen molar-refractivity contribution in [2.45, 2.75) is 114 Å². The summed E-state index contributed by atoms with van der Waals surface area (Å²) < 4.78 is 140. The molecular formula is C44H75ClF2O3. The summed E-state index contributed by atoms with van der Waals surface area (Å²) in [7, 11) is 3.21. The molecule has 290 valence electrons. The number of halogens is 3. The minimum Gasteiger partial charge on any atom is -0.497 e. The molecule has 0 unspecified atom stereocenters. The number of aliphatic hydroxyl groups is 1. The highest BCUT2D eigenvalue weighted by atomic mass is 35.5. The molecule has 0 aromatic heterocycles. The molecule has 3 nitrogen and oxygen atoms in total. The molecule has 0 atom stereocenters. The lowest BCUT2D eigenvalue weighted by Gasteiger charge is -2.24. The van der Waals surface area contributed by atoms with Crippen LogP contribution in [0.3, 0.4) is 0 Å². The first-order valence-corrected chi connectivity index (χ1v) is 19.1. The van der Waals surface area contributed by atoms with Gasteiger partial charge >= 0.3 is 0 Å². The number of rotatable bonds is 8. The Morgan fingerprint density at radius 1 is 0.580 bits per heavy atom. The molecular weight excluding hydrogens is 650 g/mol. The number of aliphatic hydroxyl groups excluding tert-OH is 1. The summed E-state index contributed by atoms with van der Waals surface area (Å²) in [5.74, 6) is 2.29. The first-order valence-electron chi connectivity index (χ1n) is 28.6. The number of hydrogen-bond donors (Lipinski definition) is 1. The molecule has 4 aromatic rings. The van der Waals surface area contributed by atoms with Gasteiger partial charge in [-0.2, -0.15) is 0 Å². The van der Waals surface area contributed by atoms with E-state index < -0.39 is 0 Å². The van der Waals surface area contributed by atoms with Crippen LogP contribution in [-0.2, 0) is 12.5 Å². The van der Waals surface area contributed by atoms with E-state index >= 15 is 0 Å². The van der Waals surface area contributed by atoms with Crippen molar-refractivity contribution in [2.75, 3.05) is 14.2 Å². The third kappa shape index (κ3) is 9.88. The summed E-state index contributed by atoms with van der Waals surface area (Å²) in [4.78, 5) is 0. The van der Waals surface area contributed by atoms with Gasteiger partial charge in [-0.3, -0.25) is 0 Å². The van der Waals surface area contributed by atoms with Crippen LogP contribution in [0.1, 0.15) is 155 Å². The molecule has 2 aliphatic carbocycles. The lowest BCUT2D eigenvalue weighted by atomic mass is 9.81. The van der Waals surface area contributed by atoms with Crippen LogP contribution in [0.5, 0.6) is 11.5 Å². The van der Waals surface area contributed by atoms with Crippen molar-refractivity contribution in [1.82, 2.24) is 0 Å². The number of alkyl halides is 1. The van der Waals surface area contributed by atoms with Crippen molar-refractivity contribution in [1.29, 1.82) is 0 Å². The zero-order chi connectivity index (χ0) is 55.3. The van der Waals surface area contributed by atoms with E-state index in [1.54, 1.807) is 38.5 Å². The van der Waals surface area contributed by atoms with Gasteiger partial charge < -0.3 is 14.6 Å². The molecule has 1 N–H and O–H groups in total. The molecule has 0 aliphatic heterocycles. The Labute approximate surface area is 335 Å². The van der Waals surface area contributed by atoms with Crippen molar-refractivity contribution in [2.24, 2.45) is 0 Å². The highest BCUT2D eigenvalue weighted by molar-refractivity contribution is 6.17. The molecule has 0 radical (unpaired) electrons. The Balaban J connectivity index is -0.000000169. The third-order valence-electron chi connectivity index (χ3n) is 10.6. The van der Waals surface area contributed by atoms with Crippen molar-refractivity contribution < 1.29 is 54.5 Å². The summed E-state index contributed by atoms with van der Waals surface area (Å²) in [6.07, 6.45) is 17.3. The van der Waals surface area contributed by atoms with Crippen LogP contribution < -0.4 is 9.47 Å². The maximum absolute atomic E-state index is 14.6. The van der Waals surface area contributed by atoms with E-state index in [4.69, 9.17) is 50.8 Å². The van der Waals surface area contributed by atoms with Crippen molar-refractivity contribution in [3.8, 4) is 33.8 Å². The average Bonchev–Trinajstić information content (AvgIpc) is 3.44. The molecule has 0 heterocycles. The second-order valence-corrected chi connectivity index (χ2v) is 14.2. The molecule has 4 aromatic carbocycles. The van der Waals surface area contributed by atoms with Gasteiger partial charge in [-0.05, 0) is 107 Å². The zero-order valence-corrected chi connectivity index (χ0v) is 30.6. The predicted molar refractivity (Wildman–Crippen MR) is 226 cm³/mol. The van der Waals surface area contributed by atoms with Crippen LogP contribution in [-0.4, -0.2) is 19.3 Å². The summed E-state index contributed by atoms with van der Waals surface area (Å²) in [6, 6.07) is 22.0. The van der Waals surface area contributed by atoms with Crippen molar-refractivity contribution in [3.05, 3.63) is 107 Å². The van der Waals surface area contributed by atoms with Gasteiger partial charge in [0.25, 0.3) is 0 Å². The first-order chi connectivity index (χ1) is 34.4. The fourth-order valence-corrected chi connectivity index (χ4v) is 7.95. The molecule has 50 heavy (non-hydrogen) atoms. The average molecular weight is 768 g/mol. The van der Waals surface area contributed by atoms with Gasteiger partial charge in [0.15, 0.2) is 0 Å². The van der Waals surface area contributed by atoms with Crippen LogP contribution >= 0.6 is 11.6 Å². The second kappa shape index (κ2) is 19.3. The van der Waals surface area contributed by atoms with Crippen LogP contribution in [0.15, 0.2) is 72.8 Å². The van der Waals surface area contributed by atoms with Crippen LogP contribution in [0.4, 0.5) is 8.78 Å². The van der Waals surface area contributed by atoms with Crippen LogP contribution in [0.2, 0.25) is 0 Å². The van der Waals surface area contributed by atoms with Gasteiger partial charge in [-0.25, -0.2) is 8.78 Å². The maximum atomic E-state index is 14.6. The van der Waals surface area contributed by atoms with E-state index in [-0.39, 0.29) is 19.7 Å². The molecule has 0 bridgehead atoms. The van der Waals surface area contributed by atoms with E-state index in [1.807, 2.05) is 24.3 Å². The van der Waals surface area contributed by atoms with Crippen molar-refractivity contribution >= 4 is 11.6 Å². The third-order valence-corrected chi connectivity index (χ3v) is 10.9. The quantitative estimate of drug-likeness (QED) is 0.182. The summed E-state index contributed by atoms with van der Waals surface area (Å²) in [5.41, 5.74) is 7.52. The van der Waals surface area contributed by atoms with Gasteiger partial charge in [0.05, 0.1) is 20.8 Å². The van der Waals surface area contributed by atoms with Crippen molar-refractivity contribution in [3.63, 3.8) is 0 Å². The number of methoxy groups -OCH3 is 2. The largest absolute Gasteiger partial charge is 0.497 e. The number of hydrogen-bond acceptors (Lipinski definition) is 3. The Bertz CT molecular complexity index is 1590. The molecule has 2 fully saturated rings. The smallest absolute Gasteiger partial charge is 0.131 e. The fraction of sp³-hybridized carbons (Fsp3) is 0.455. The molecule has 6 rings (SSSR count). The van der Waals surface area contributed by atoms with Gasteiger partial charge in [-0.1, -0.05) is 101 Å².